The molecule has 2 amide bonds. The van der Waals surface area contributed by atoms with Gasteiger partial charge in [0.2, 0.25) is 0 Å². The number of nitrogens with one attached hydrogen (secondary N) is 1. The monoisotopic (exact) mass is 334 g/mol. The van der Waals surface area contributed by atoms with Gasteiger partial charge in [-0.2, -0.15) is 0 Å². The SMILES string of the molecule is CSc1cccc(NC(=O)N2CC[C@]3(O)CCCC[C@@H]3C2)c1C. The van der Waals surface area contributed by atoms with Crippen molar-refractivity contribution in [2.45, 2.75) is 49.5 Å². The molecule has 126 valence electrons. The second kappa shape index (κ2) is 6.73. The van der Waals surface area contributed by atoms with Gasteiger partial charge in [0.05, 0.1) is 5.60 Å². The van der Waals surface area contributed by atoms with Gasteiger partial charge in [0.25, 0.3) is 0 Å². The molecule has 1 saturated heterocycles. The van der Waals surface area contributed by atoms with Crippen LogP contribution in [0.4, 0.5) is 10.5 Å². The van der Waals surface area contributed by atoms with Crippen molar-refractivity contribution >= 4 is 23.5 Å². The zero-order valence-corrected chi connectivity index (χ0v) is 14.8. The number of fused-ring (bicyclic) bond motifs is 1. The Kier molecular flexibility index (Phi) is 4.87. The predicted molar refractivity (Wildman–Crippen MR) is 95.1 cm³/mol. The van der Waals surface area contributed by atoms with Gasteiger partial charge in [-0.25, -0.2) is 4.79 Å². The van der Waals surface area contributed by atoms with Gasteiger partial charge in [0.1, 0.15) is 0 Å². The van der Waals surface area contributed by atoms with E-state index in [9.17, 15) is 9.90 Å². The van der Waals surface area contributed by atoms with Crippen LogP contribution in [0.5, 0.6) is 0 Å². The predicted octanol–water partition coefficient (Wildman–Crippen LogP) is 3.88. The van der Waals surface area contributed by atoms with E-state index in [4.69, 9.17) is 0 Å². The summed E-state index contributed by atoms with van der Waals surface area (Å²) in [6.07, 6.45) is 6.94. The van der Waals surface area contributed by atoms with Crippen LogP contribution in [0.15, 0.2) is 23.1 Å². The van der Waals surface area contributed by atoms with E-state index in [1.807, 2.05) is 30.2 Å². The van der Waals surface area contributed by atoms with Crippen LogP contribution in [0, 0.1) is 12.8 Å². The number of hydrogen-bond acceptors (Lipinski definition) is 3. The summed E-state index contributed by atoms with van der Waals surface area (Å²) in [5.41, 5.74) is 1.45. The first-order chi connectivity index (χ1) is 11.0. The van der Waals surface area contributed by atoms with E-state index in [1.165, 1.54) is 4.90 Å². The number of benzene rings is 1. The number of amides is 2. The maximum absolute atomic E-state index is 12.6. The van der Waals surface area contributed by atoms with Crippen LogP contribution < -0.4 is 5.32 Å². The Morgan fingerprint density at radius 2 is 2.22 bits per heavy atom. The summed E-state index contributed by atoms with van der Waals surface area (Å²) in [4.78, 5) is 15.7. The Morgan fingerprint density at radius 3 is 3.00 bits per heavy atom. The van der Waals surface area contributed by atoms with Gasteiger partial charge in [0.15, 0.2) is 0 Å². The van der Waals surface area contributed by atoms with Crippen molar-refractivity contribution in [2.75, 3.05) is 24.7 Å². The summed E-state index contributed by atoms with van der Waals surface area (Å²) in [6, 6.07) is 5.95. The quantitative estimate of drug-likeness (QED) is 0.807. The van der Waals surface area contributed by atoms with E-state index in [0.717, 1.165) is 36.9 Å². The van der Waals surface area contributed by atoms with E-state index in [2.05, 4.69) is 11.4 Å². The lowest BCUT2D eigenvalue weighted by Crippen LogP contribution is -2.55. The lowest BCUT2D eigenvalue weighted by atomic mass is 9.71. The first-order valence-electron chi connectivity index (χ1n) is 8.45. The molecule has 2 fully saturated rings. The average Bonchev–Trinajstić information content (AvgIpc) is 2.55. The minimum Gasteiger partial charge on any atom is -0.389 e. The number of piperidine rings is 1. The number of anilines is 1. The van der Waals surface area contributed by atoms with E-state index in [1.54, 1.807) is 11.8 Å². The molecule has 1 aliphatic carbocycles. The molecule has 0 spiro atoms. The Hall–Kier alpha value is -1.20. The number of urea groups is 1. The second-order valence-electron chi connectivity index (χ2n) is 6.81. The molecule has 2 atom stereocenters. The number of thioether (sulfide) groups is 1. The van der Waals surface area contributed by atoms with Gasteiger partial charge in [-0.15, -0.1) is 11.8 Å². The fraction of sp³-hybridized carbons (Fsp3) is 0.611. The summed E-state index contributed by atoms with van der Waals surface area (Å²) < 4.78 is 0. The highest BCUT2D eigenvalue weighted by Crippen LogP contribution is 2.40. The number of hydrogen-bond donors (Lipinski definition) is 2. The second-order valence-corrected chi connectivity index (χ2v) is 7.65. The van der Waals surface area contributed by atoms with Crippen LogP contribution in [-0.2, 0) is 0 Å². The molecule has 2 aliphatic rings. The minimum absolute atomic E-state index is 0.0426. The normalized spacial score (nSPS) is 27.4. The third-order valence-corrected chi connectivity index (χ3v) is 6.34. The molecule has 4 nitrogen and oxygen atoms in total. The molecule has 0 radical (unpaired) electrons. The fourth-order valence-corrected chi connectivity index (χ4v) is 4.55. The highest BCUT2D eigenvalue weighted by molar-refractivity contribution is 7.98. The van der Waals surface area contributed by atoms with Crippen LogP contribution in [0.1, 0.15) is 37.7 Å². The van der Waals surface area contributed by atoms with Crippen LogP contribution >= 0.6 is 11.8 Å². The van der Waals surface area contributed by atoms with Crippen molar-refractivity contribution in [2.24, 2.45) is 5.92 Å². The van der Waals surface area contributed by atoms with Crippen molar-refractivity contribution in [3.05, 3.63) is 23.8 Å². The molecule has 0 unspecified atom stereocenters. The van der Waals surface area contributed by atoms with Crippen LogP contribution in [-0.4, -0.2) is 41.0 Å². The summed E-state index contributed by atoms with van der Waals surface area (Å²) in [5, 5.41) is 13.8. The largest absolute Gasteiger partial charge is 0.389 e. The topological polar surface area (TPSA) is 52.6 Å². The summed E-state index contributed by atoms with van der Waals surface area (Å²) >= 11 is 1.69. The summed E-state index contributed by atoms with van der Waals surface area (Å²) in [7, 11) is 0. The van der Waals surface area contributed by atoms with Crippen molar-refractivity contribution in [1.29, 1.82) is 0 Å². The maximum atomic E-state index is 12.6. The van der Waals surface area contributed by atoms with Gasteiger partial charge in [-0.3, -0.25) is 0 Å². The fourth-order valence-electron chi connectivity index (χ4n) is 3.92. The lowest BCUT2D eigenvalue weighted by Gasteiger charge is -2.47. The lowest BCUT2D eigenvalue weighted by molar-refractivity contribution is -0.0863. The van der Waals surface area contributed by atoms with Gasteiger partial charge >= 0.3 is 6.03 Å². The molecule has 1 aromatic carbocycles. The molecule has 23 heavy (non-hydrogen) atoms. The number of carbonyl (C=O) groups excluding carboxylic acids is 1. The Bertz CT molecular complexity index is 592. The number of carbonyl (C=O) groups is 1. The highest BCUT2D eigenvalue weighted by atomic mass is 32.2. The van der Waals surface area contributed by atoms with Crippen molar-refractivity contribution in [3.63, 3.8) is 0 Å². The zero-order valence-electron chi connectivity index (χ0n) is 14.0. The molecule has 0 bridgehead atoms. The van der Waals surface area contributed by atoms with E-state index in [-0.39, 0.29) is 11.9 Å². The molecule has 1 heterocycles. The molecular weight excluding hydrogens is 308 g/mol. The Balaban J connectivity index is 1.67. The molecule has 1 saturated carbocycles. The van der Waals surface area contributed by atoms with Crippen molar-refractivity contribution < 1.29 is 9.90 Å². The van der Waals surface area contributed by atoms with Gasteiger partial charge in [0, 0.05) is 29.6 Å². The van der Waals surface area contributed by atoms with E-state index >= 15 is 0 Å². The maximum Gasteiger partial charge on any atom is 0.321 e. The average molecular weight is 334 g/mol. The Morgan fingerprint density at radius 1 is 1.39 bits per heavy atom. The molecular formula is C18H26N2O2S. The van der Waals surface area contributed by atoms with Gasteiger partial charge in [-0.1, -0.05) is 18.9 Å². The molecule has 3 rings (SSSR count). The van der Waals surface area contributed by atoms with Crippen LogP contribution in [0.25, 0.3) is 0 Å². The third kappa shape index (κ3) is 3.36. The first kappa shape index (κ1) is 16.7. The Labute approximate surface area is 142 Å². The van der Waals surface area contributed by atoms with Crippen LogP contribution in [0.3, 0.4) is 0 Å². The van der Waals surface area contributed by atoms with Crippen LogP contribution in [0.2, 0.25) is 0 Å². The smallest absolute Gasteiger partial charge is 0.321 e. The third-order valence-electron chi connectivity index (χ3n) is 5.46. The summed E-state index contributed by atoms with van der Waals surface area (Å²) in [5.74, 6) is 0.231. The zero-order chi connectivity index (χ0) is 16.4. The van der Waals surface area contributed by atoms with E-state index < -0.39 is 5.60 Å². The molecule has 5 heteroatoms. The molecule has 1 aliphatic heterocycles. The number of nitrogens with zero attached hydrogens (tertiary/aromatic N) is 1. The minimum atomic E-state index is -0.538. The summed E-state index contributed by atoms with van der Waals surface area (Å²) in [6.45, 7) is 3.35. The van der Waals surface area contributed by atoms with Crippen molar-refractivity contribution in [1.82, 2.24) is 4.90 Å². The van der Waals surface area contributed by atoms with Crippen molar-refractivity contribution in [3.8, 4) is 0 Å². The number of likely N-dealkylation sites (tertiary alicyclic amines) is 1. The standard InChI is InChI=1S/C18H26N2O2S/c1-13-15(7-5-8-16(13)23-2)19-17(21)20-11-10-18(22)9-4-3-6-14(18)12-20/h5,7-8,14,22H,3-4,6,9-12H2,1-2H3,(H,19,21)/t14-,18-/m1/s1. The highest BCUT2D eigenvalue weighted by Gasteiger charge is 2.43. The van der Waals surface area contributed by atoms with Gasteiger partial charge < -0.3 is 15.3 Å². The molecule has 1 aromatic rings. The molecule has 2 N–H and O–H groups in total. The number of rotatable bonds is 2. The van der Waals surface area contributed by atoms with Gasteiger partial charge in [-0.05, 0) is 50.1 Å². The van der Waals surface area contributed by atoms with E-state index in [0.29, 0.717) is 19.5 Å². The molecule has 0 aromatic heterocycles. The first-order valence-corrected chi connectivity index (χ1v) is 9.68. The number of aliphatic hydroxyl groups is 1.